The minimum atomic E-state index is -4.70. The molecule has 1 aliphatic heterocycles. The third-order valence-electron chi connectivity index (χ3n) is 3.92. The van der Waals surface area contributed by atoms with Crippen molar-refractivity contribution in [1.82, 2.24) is 10.2 Å². The van der Waals surface area contributed by atoms with E-state index in [0.717, 1.165) is 18.4 Å². The summed E-state index contributed by atoms with van der Waals surface area (Å²) in [5.41, 5.74) is 0.311. The molecule has 1 heterocycles. The lowest BCUT2D eigenvalue weighted by molar-refractivity contribution is -0.274. The lowest BCUT2D eigenvalue weighted by Gasteiger charge is -2.23. The summed E-state index contributed by atoms with van der Waals surface area (Å²) in [4.78, 5) is 14.0. The molecule has 0 bridgehead atoms. The number of halogens is 3. The normalized spacial score (nSPS) is 23.7. The van der Waals surface area contributed by atoms with E-state index in [1.165, 1.54) is 12.1 Å². The van der Waals surface area contributed by atoms with Gasteiger partial charge in [-0.2, -0.15) is 0 Å². The van der Waals surface area contributed by atoms with E-state index >= 15 is 0 Å². The number of carbonyl (C=O) groups is 1. The number of benzene rings is 1. The van der Waals surface area contributed by atoms with Crippen molar-refractivity contribution in [3.63, 3.8) is 0 Å². The van der Waals surface area contributed by atoms with Crippen LogP contribution >= 0.6 is 0 Å². The van der Waals surface area contributed by atoms with Crippen LogP contribution in [0.3, 0.4) is 0 Å². The smallest absolute Gasteiger partial charge is 0.406 e. The first-order valence-corrected chi connectivity index (χ1v) is 6.79. The lowest BCUT2D eigenvalue weighted by atomic mass is 10.1. The second-order valence-corrected chi connectivity index (χ2v) is 5.34. The van der Waals surface area contributed by atoms with Crippen LogP contribution in [0.15, 0.2) is 24.3 Å². The highest BCUT2D eigenvalue weighted by atomic mass is 19.4. The third kappa shape index (κ3) is 2.57. The standard InChI is InChI=1S/C14H15F3N2O2/c1-2-19-11(18-13(7-8-13)12(19)20)9-3-5-10(6-4-9)21-14(15,16)17/h3-6,11,18H,2,7-8H2,1H3. The van der Waals surface area contributed by atoms with Gasteiger partial charge >= 0.3 is 6.36 Å². The Kier molecular flexibility index (Phi) is 3.12. The maximum atomic E-state index is 12.2. The van der Waals surface area contributed by atoms with E-state index in [4.69, 9.17) is 0 Å². The summed E-state index contributed by atoms with van der Waals surface area (Å²) in [6, 6.07) is 5.63. The first-order chi connectivity index (χ1) is 9.85. The fourth-order valence-corrected chi connectivity index (χ4v) is 2.72. The number of hydrogen-bond acceptors (Lipinski definition) is 3. The van der Waals surface area contributed by atoms with Gasteiger partial charge in [-0.1, -0.05) is 12.1 Å². The molecule has 1 saturated carbocycles. The molecule has 0 radical (unpaired) electrons. The summed E-state index contributed by atoms with van der Waals surface area (Å²) in [6.45, 7) is 2.44. The number of hydrogen-bond donors (Lipinski definition) is 1. The van der Waals surface area contributed by atoms with E-state index in [2.05, 4.69) is 10.1 Å². The largest absolute Gasteiger partial charge is 0.573 e. The van der Waals surface area contributed by atoms with E-state index in [1.807, 2.05) is 6.92 Å². The van der Waals surface area contributed by atoms with Crippen molar-refractivity contribution in [2.45, 2.75) is 37.8 Å². The number of likely N-dealkylation sites (N-methyl/N-ethyl adjacent to an activating group) is 1. The highest BCUT2D eigenvalue weighted by Gasteiger charge is 2.58. The number of alkyl halides is 3. The Bertz CT molecular complexity index is 552. The molecule has 1 atom stereocenters. The van der Waals surface area contributed by atoms with Crippen molar-refractivity contribution in [2.24, 2.45) is 0 Å². The summed E-state index contributed by atoms with van der Waals surface area (Å²) < 4.78 is 40.2. The zero-order valence-electron chi connectivity index (χ0n) is 11.4. The van der Waals surface area contributed by atoms with Crippen molar-refractivity contribution in [3.8, 4) is 5.75 Å². The molecule has 1 aromatic rings. The van der Waals surface area contributed by atoms with Crippen molar-refractivity contribution in [3.05, 3.63) is 29.8 Å². The Morgan fingerprint density at radius 3 is 2.43 bits per heavy atom. The van der Waals surface area contributed by atoms with Gasteiger partial charge in [-0.15, -0.1) is 13.2 Å². The molecular formula is C14H15F3N2O2. The van der Waals surface area contributed by atoms with Gasteiger partial charge < -0.3 is 9.64 Å². The fraction of sp³-hybridized carbons (Fsp3) is 0.500. The van der Waals surface area contributed by atoms with Gasteiger partial charge in [0.1, 0.15) is 17.5 Å². The summed E-state index contributed by atoms with van der Waals surface area (Å²) in [5.74, 6) is -0.189. The quantitative estimate of drug-likeness (QED) is 0.933. The van der Waals surface area contributed by atoms with Crippen molar-refractivity contribution in [2.75, 3.05) is 6.54 Å². The topological polar surface area (TPSA) is 41.6 Å². The van der Waals surface area contributed by atoms with Crippen LogP contribution in [0.1, 0.15) is 31.5 Å². The molecular weight excluding hydrogens is 285 g/mol. The summed E-state index contributed by atoms with van der Waals surface area (Å²) >= 11 is 0. The Labute approximate surface area is 119 Å². The molecule has 1 aliphatic carbocycles. The number of amides is 1. The minimum Gasteiger partial charge on any atom is -0.406 e. The highest BCUT2D eigenvalue weighted by molar-refractivity contribution is 5.92. The molecule has 4 nitrogen and oxygen atoms in total. The Hall–Kier alpha value is -1.76. The van der Waals surface area contributed by atoms with E-state index < -0.39 is 11.9 Å². The Balaban J connectivity index is 1.79. The summed E-state index contributed by atoms with van der Waals surface area (Å²) in [5, 5.41) is 3.29. The molecule has 7 heteroatoms. The van der Waals surface area contributed by atoms with Crippen LogP contribution in [0.4, 0.5) is 13.2 Å². The minimum absolute atomic E-state index is 0.0746. The van der Waals surface area contributed by atoms with Gasteiger partial charge in [0, 0.05) is 6.54 Å². The van der Waals surface area contributed by atoms with Crippen LogP contribution < -0.4 is 10.1 Å². The van der Waals surface area contributed by atoms with Gasteiger partial charge in [0.05, 0.1) is 0 Å². The average molecular weight is 300 g/mol. The molecule has 0 aromatic heterocycles. The van der Waals surface area contributed by atoms with Gasteiger partial charge in [-0.25, -0.2) is 0 Å². The van der Waals surface area contributed by atoms with Crippen LogP contribution in [0.5, 0.6) is 5.75 Å². The van der Waals surface area contributed by atoms with Crippen molar-refractivity contribution in [1.29, 1.82) is 0 Å². The van der Waals surface area contributed by atoms with Gasteiger partial charge in [-0.3, -0.25) is 10.1 Å². The second kappa shape index (κ2) is 4.62. The number of rotatable bonds is 3. The number of ether oxygens (including phenoxy) is 1. The molecule has 21 heavy (non-hydrogen) atoms. The molecule has 1 N–H and O–H groups in total. The van der Waals surface area contributed by atoms with Crippen LogP contribution in [0.25, 0.3) is 0 Å². The fourth-order valence-electron chi connectivity index (χ4n) is 2.72. The molecule has 2 fully saturated rings. The lowest BCUT2D eigenvalue weighted by Crippen LogP contribution is -2.32. The molecule has 114 valence electrons. The van der Waals surface area contributed by atoms with Crippen LogP contribution in [0.2, 0.25) is 0 Å². The van der Waals surface area contributed by atoms with E-state index in [-0.39, 0.29) is 17.8 Å². The highest BCUT2D eigenvalue weighted by Crippen LogP contribution is 2.45. The maximum Gasteiger partial charge on any atom is 0.573 e. The number of nitrogens with one attached hydrogen (secondary N) is 1. The third-order valence-corrected chi connectivity index (χ3v) is 3.92. The average Bonchev–Trinajstić information content (AvgIpc) is 3.12. The molecule has 1 amide bonds. The van der Waals surface area contributed by atoms with Gasteiger partial charge in [0.2, 0.25) is 5.91 Å². The molecule has 1 spiro atoms. The Morgan fingerprint density at radius 1 is 1.33 bits per heavy atom. The molecule has 1 saturated heterocycles. The molecule has 1 aromatic carbocycles. The van der Waals surface area contributed by atoms with Gasteiger partial charge in [0.25, 0.3) is 0 Å². The van der Waals surface area contributed by atoms with Crippen LogP contribution in [0, 0.1) is 0 Å². The van der Waals surface area contributed by atoms with Crippen LogP contribution in [-0.4, -0.2) is 29.3 Å². The first kappa shape index (κ1) is 14.2. The SMILES string of the molecule is CCN1C(=O)C2(CC2)NC1c1ccc(OC(F)(F)F)cc1. The summed E-state index contributed by atoms with van der Waals surface area (Å²) in [6.07, 6.45) is -3.36. The van der Waals surface area contributed by atoms with Crippen molar-refractivity contribution >= 4 is 5.91 Å². The van der Waals surface area contributed by atoms with E-state index in [0.29, 0.717) is 6.54 Å². The Morgan fingerprint density at radius 2 is 1.95 bits per heavy atom. The second-order valence-electron chi connectivity index (χ2n) is 5.34. The zero-order chi connectivity index (χ0) is 15.3. The van der Waals surface area contributed by atoms with E-state index in [9.17, 15) is 18.0 Å². The predicted octanol–water partition coefficient (Wildman–Crippen LogP) is 2.57. The molecule has 3 rings (SSSR count). The molecule has 1 unspecified atom stereocenters. The van der Waals surface area contributed by atoms with E-state index in [1.54, 1.807) is 17.0 Å². The molecule has 2 aliphatic rings. The zero-order valence-corrected chi connectivity index (χ0v) is 11.4. The summed E-state index contributed by atoms with van der Waals surface area (Å²) in [7, 11) is 0. The first-order valence-electron chi connectivity index (χ1n) is 6.79. The number of nitrogens with zero attached hydrogens (tertiary/aromatic N) is 1. The monoisotopic (exact) mass is 300 g/mol. The maximum absolute atomic E-state index is 12.2. The van der Waals surface area contributed by atoms with Gasteiger partial charge in [-0.05, 0) is 37.5 Å². The van der Waals surface area contributed by atoms with Crippen molar-refractivity contribution < 1.29 is 22.7 Å². The predicted molar refractivity (Wildman–Crippen MR) is 68.4 cm³/mol. The van der Waals surface area contributed by atoms with Crippen LogP contribution in [-0.2, 0) is 4.79 Å². The number of carbonyl (C=O) groups excluding carboxylic acids is 1. The van der Waals surface area contributed by atoms with Gasteiger partial charge in [0.15, 0.2) is 0 Å².